The molecule has 0 atom stereocenters. The van der Waals surface area contributed by atoms with Crippen LogP contribution < -0.4 is 5.73 Å². The lowest BCUT2D eigenvalue weighted by Gasteiger charge is -1.92. The number of rotatable bonds is 1. The van der Waals surface area contributed by atoms with Gasteiger partial charge in [0.15, 0.2) is 0 Å². The summed E-state index contributed by atoms with van der Waals surface area (Å²) in [5, 5.41) is 11.3. The van der Waals surface area contributed by atoms with Gasteiger partial charge in [-0.1, -0.05) is 0 Å². The second-order valence-corrected chi connectivity index (χ2v) is 5.59. The third kappa shape index (κ3) is 1.44. The van der Waals surface area contributed by atoms with E-state index in [1.54, 1.807) is 6.07 Å². The van der Waals surface area contributed by atoms with Gasteiger partial charge in [0.25, 0.3) is 5.69 Å². The molecule has 0 aliphatic carbocycles. The first kappa shape index (κ1) is 9.66. The standard InChI is InChI=1S/C8H5IN2O2S/c9-8-7(10)5-3-4(11(12)13)1-2-6(5)14-8/h1-3H,10H2. The number of nitrogens with two attached hydrogens (primary N) is 1. The Labute approximate surface area is 97.0 Å². The van der Waals surface area contributed by atoms with E-state index >= 15 is 0 Å². The Morgan fingerprint density at radius 1 is 1.50 bits per heavy atom. The molecule has 14 heavy (non-hydrogen) atoms. The van der Waals surface area contributed by atoms with Crippen LogP contribution in [0.5, 0.6) is 0 Å². The first-order valence-electron chi connectivity index (χ1n) is 3.71. The molecule has 0 radical (unpaired) electrons. The number of nitrogen functional groups attached to an aromatic ring is 1. The maximum atomic E-state index is 10.5. The number of thiophene rings is 1. The predicted molar refractivity (Wildman–Crippen MR) is 65.6 cm³/mol. The Balaban J connectivity index is 2.76. The van der Waals surface area contributed by atoms with Crippen molar-refractivity contribution in [1.29, 1.82) is 0 Å². The number of hydrogen-bond donors (Lipinski definition) is 1. The number of nitrogens with zero attached hydrogens (tertiary/aromatic N) is 1. The number of non-ortho nitro benzene ring substituents is 1. The summed E-state index contributed by atoms with van der Waals surface area (Å²) in [7, 11) is 0. The molecule has 0 aliphatic rings. The fourth-order valence-corrected chi connectivity index (χ4v) is 3.02. The van der Waals surface area contributed by atoms with Gasteiger partial charge in [-0.2, -0.15) is 0 Å². The molecule has 0 bridgehead atoms. The number of benzene rings is 1. The minimum atomic E-state index is -0.413. The third-order valence-corrected chi connectivity index (χ3v) is 4.09. The lowest BCUT2D eigenvalue weighted by Crippen LogP contribution is -1.88. The Hall–Kier alpha value is -0.890. The van der Waals surface area contributed by atoms with Crippen molar-refractivity contribution >= 4 is 55.4 Å². The molecule has 0 fully saturated rings. The van der Waals surface area contributed by atoms with Crippen molar-refractivity contribution in [3.8, 4) is 0 Å². The van der Waals surface area contributed by atoms with E-state index in [1.807, 2.05) is 0 Å². The highest BCUT2D eigenvalue weighted by atomic mass is 127. The average molecular weight is 320 g/mol. The van der Waals surface area contributed by atoms with Gasteiger partial charge in [0.05, 0.1) is 13.5 Å². The van der Waals surface area contributed by atoms with Crippen LogP contribution in [0.4, 0.5) is 11.4 Å². The number of anilines is 1. The topological polar surface area (TPSA) is 69.2 Å². The van der Waals surface area contributed by atoms with Crippen molar-refractivity contribution in [2.45, 2.75) is 0 Å². The monoisotopic (exact) mass is 320 g/mol. The molecule has 72 valence electrons. The van der Waals surface area contributed by atoms with Gasteiger partial charge >= 0.3 is 0 Å². The highest BCUT2D eigenvalue weighted by molar-refractivity contribution is 14.1. The molecule has 2 rings (SSSR count). The molecule has 6 heteroatoms. The minimum Gasteiger partial charge on any atom is -0.397 e. The Bertz CT molecular complexity index is 523. The molecular weight excluding hydrogens is 315 g/mol. The zero-order valence-corrected chi connectivity index (χ0v) is 9.83. The maximum absolute atomic E-state index is 10.5. The second-order valence-electron chi connectivity index (χ2n) is 2.73. The molecule has 0 aliphatic heterocycles. The second kappa shape index (κ2) is 3.35. The van der Waals surface area contributed by atoms with Crippen molar-refractivity contribution in [2.24, 2.45) is 0 Å². The van der Waals surface area contributed by atoms with Crippen molar-refractivity contribution in [3.05, 3.63) is 31.2 Å². The fourth-order valence-electron chi connectivity index (χ4n) is 1.19. The Morgan fingerprint density at radius 2 is 2.21 bits per heavy atom. The van der Waals surface area contributed by atoms with Gasteiger partial charge in [-0.15, -0.1) is 11.3 Å². The van der Waals surface area contributed by atoms with Crippen LogP contribution in [-0.4, -0.2) is 4.92 Å². The number of halogens is 1. The quantitative estimate of drug-likeness (QED) is 0.499. The van der Waals surface area contributed by atoms with Crippen molar-refractivity contribution in [3.63, 3.8) is 0 Å². The number of nitro benzene ring substituents is 1. The van der Waals surface area contributed by atoms with Gasteiger partial charge < -0.3 is 5.73 Å². The van der Waals surface area contributed by atoms with Crippen molar-refractivity contribution in [1.82, 2.24) is 0 Å². The molecular formula is C8H5IN2O2S. The van der Waals surface area contributed by atoms with Crippen LogP contribution in [0.25, 0.3) is 10.1 Å². The van der Waals surface area contributed by atoms with Gasteiger partial charge in [0, 0.05) is 22.2 Å². The summed E-state index contributed by atoms with van der Waals surface area (Å²) in [6.07, 6.45) is 0. The Morgan fingerprint density at radius 3 is 2.86 bits per heavy atom. The summed E-state index contributed by atoms with van der Waals surface area (Å²) < 4.78 is 1.95. The zero-order valence-electron chi connectivity index (χ0n) is 6.86. The maximum Gasteiger partial charge on any atom is 0.270 e. The van der Waals surface area contributed by atoms with Crippen LogP contribution in [0.3, 0.4) is 0 Å². The van der Waals surface area contributed by atoms with Gasteiger partial charge in [-0.3, -0.25) is 10.1 Å². The number of fused-ring (bicyclic) bond motifs is 1. The first-order valence-corrected chi connectivity index (χ1v) is 5.61. The van der Waals surface area contributed by atoms with Crippen LogP contribution in [0, 0.1) is 13.0 Å². The van der Waals surface area contributed by atoms with Crippen LogP contribution >= 0.6 is 33.9 Å². The third-order valence-electron chi connectivity index (χ3n) is 1.88. The molecule has 0 amide bonds. The normalized spacial score (nSPS) is 10.6. The van der Waals surface area contributed by atoms with Gasteiger partial charge in [0.1, 0.15) is 0 Å². The van der Waals surface area contributed by atoms with Gasteiger partial charge in [0.2, 0.25) is 0 Å². The SMILES string of the molecule is Nc1c(I)sc2ccc([N+](=O)[O-])cc12. The van der Waals surface area contributed by atoms with E-state index in [0.717, 1.165) is 13.0 Å². The van der Waals surface area contributed by atoms with Crippen molar-refractivity contribution < 1.29 is 4.92 Å². The zero-order chi connectivity index (χ0) is 10.3. The summed E-state index contributed by atoms with van der Waals surface area (Å²) in [4.78, 5) is 10.1. The smallest absolute Gasteiger partial charge is 0.270 e. The van der Waals surface area contributed by atoms with E-state index in [4.69, 9.17) is 5.73 Å². The van der Waals surface area contributed by atoms with Gasteiger partial charge in [-0.05, 0) is 28.7 Å². The summed E-state index contributed by atoms with van der Waals surface area (Å²) >= 11 is 3.67. The minimum absolute atomic E-state index is 0.0819. The number of nitro groups is 1. The lowest BCUT2D eigenvalue weighted by atomic mass is 10.2. The largest absolute Gasteiger partial charge is 0.397 e. The fraction of sp³-hybridized carbons (Fsp3) is 0. The molecule has 2 aromatic rings. The van der Waals surface area contributed by atoms with E-state index in [9.17, 15) is 10.1 Å². The summed E-state index contributed by atoms with van der Waals surface area (Å²) in [5.74, 6) is 0. The molecule has 0 spiro atoms. The predicted octanol–water partition coefficient (Wildman–Crippen LogP) is 3.00. The van der Waals surface area contributed by atoms with E-state index < -0.39 is 4.92 Å². The molecule has 0 saturated heterocycles. The lowest BCUT2D eigenvalue weighted by molar-refractivity contribution is -0.384. The van der Waals surface area contributed by atoms with Gasteiger partial charge in [-0.25, -0.2) is 0 Å². The van der Waals surface area contributed by atoms with E-state index in [2.05, 4.69) is 22.6 Å². The molecule has 4 nitrogen and oxygen atoms in total. The van der Waals surface area contributed by atoms with Crippen LogP contribution in [0.2, 0.25) is 0 Å². The summed E-state index contributed by atoms with van der Waals surface area (Å²) in [6, 6.07) is 4.74. The summed E-state index contributed by atoms with van der Waals surface area (Å²) in [5.41, 5.74) is 6.50. The Kier molecular flexibility index (Phi) is 2.31. The highest BCUT2D eigenvalue weighted by Gasteiger charge is 2.11. The number of hydrogen-bond acceptors (Lipinski definition) is 4. The molecule has 0 unspecified atom stereocenters. The van der Waals surface area contributed by atoms with E-state index in [-0.39, 0.29) is 5.69 Å². The highest BCUT2D eigenvalue weighted by Crippen LogP contribution is 2.36. The molecule has 0 saturated carbocycles. The molecule has 2 N–H and O–H groups in total. The average Bonchev–Trinajstić information content (AvgIpc) is 2.43. The molecule has 1 aromatic carbocycles. The van der Waals surface area contributed by atoms with Crippen LogP contribution in [0.1, 0.15) is 0 Å². The molecule has 1 heterocycles. The van der Waals surface area contributed by atoms with E-state index in [0.29, 0.717) is 5.69 Å². The van der Waals surface area contributed by atoms with Crippen molar-refractivity contribution in [2.75, 3.05) is 5.73 Å². The first-order chi connectivity index (χ1) is 6.59. The summed E-state index contributed by atoms with van der Waals surface area (Å²) in [6.45, 7) is 0. The van der Waals surface area contributed by atoms with Crippen LogP contribution in [-0.2, 0) is 0 Å². The van der Waals surface area contributed by atoms with E-state index in [1.165, 1.54) is 23.5 Å². The van der Waals surface area contributed by atoms with Crippen LogP contribution in [0.15, 0.2) is 18.2 Å². The molecule has 1 aromatic heterocycles.